The van der Waals surface area contributed by atoms with Crippen LogP contribution in [0.5, 0.6) is 0 Å². The summed E-state index contributed by atoms with van der Waals surface area (Å²) in [6.07, 6.45) is 2.01. The molecule has 1 amide bonds. The molecule has 4 rings (SSSR count). The Bertz CT molecular complexity index is 924. The van der Waals surface area contributed by atoms with Gasteiger partial charge in [0, 0.05) is 19.0 Å². The first kappa shape index (κ1) is 15.9. The van der Waals surface area contributed by atoms with Crippen LogP contribution >= 0.6 is 0 Å². The van der Waals surface area contributed by atoms with Crippen molar-refractivity contribution in [2.75, 3.05) is 6.54 Å². The molecule has 0 spiro atoms. The molecule has 0 saturated carbocycles. The van der Waals surface area contributed by atoms with E-state index in [0.29, 0.717) is 12.5 Å². The maximum atomic E-state index is 12.3. The third kappa shape index (κ3) is 2.82. The number of carbonyl (C=O) groups is 1. The molecule has 0 fully saturated rings. The minimum Gasteiger partial charge on any atom is -0.350 e. The van der Waals surface area contributed by atoms with Gasteiger partial charge < -0.3 is 9.88 Å². The number of nitrogens with zero attached hydrogens (tertiary/aromatic N) is 2. The van der Waals surface area contributed by atoms with Crippen molar-refractivity contribution in [3.05, 3.63) is 65.0 Å². The van der Waals surface area contributed by atoms with Crippen LogP contribution in [-0.2, 0) is 19.4 Å². The van der Waals surface area contributed by atoms with Gasteiger partial charge in [-0.3, -0.25) is 4.79 Å². The molecule has 128 valence electrons. The maximum absolute atomic E-state index is 12.3. The van der Waals surface area contributed by atoms with Gasteiger partial charge in [-0.25, -0.2) is 4.98 Å². The van der Waals surface area contributed by atoms with E-state index in [0.717, 1.165) is 41.8 Å². The molecule has 1 aliphatic heterocycles. The van der Waals surface area contributed by atoms with Crippen LogP contribution in [0.15, 0.2) is 42.5 Å². The van der Waals surface area contributed by atoms with Crippen molar-refractivity contribution >= 4 is 16.9 Å². The lowest BCUT2D eigenvalue weighted by atomic mass is 9.99. The van der Waals surface area contributed by atoms with Gasteiger partial charge in [0.1, 0.15) is 5.82 Å². The number of imidazole rings is 1. The van der Waals surface area contributed by atoms with E-state index in [1.54, 1.807) is 0 Å². The second-order valence-corrected chi connectivity index (χ2v) is 6.83. The fourth-order valence-electron chi connectivity index (χ4n) is 3.72. The number of para-hydroxylation sites is 1. The predicted molar refractivity (Wildman–Crippen MR) is 100 cm³/mol. The number of aromatic nitrogens is 2. The van der Waals surface area contributed by atoms with Crippen molar-refractivity contribution in [3.63, 3.8) is 0 Å². The number of hydrogen-bond acceptors (Lipinski definition) is 2. The molecule has 2 aromatic carbocycles. The number of rotatable bonds is 4. The number of carbonyl (C=O) groups excluding carboxylic acids is 1. The summed E-state index contributed by atoms with van der Waals surface area (Å²) in [6.45, 7) is 5.81. The van der Waals surface area contributed by atoms with Crippen LogP contribution in [0.1, 0.15) is 47.1 Å². The quantitative estimate of drug-likeness (QED) is 0.791. The van der Waals surface area contributed by atoms with E-state index in [9.17, 15) is 4.79 Å². The van der Waals surface area contributed by atoms with Crippen molar-refractivity contribution in [2.24, 2.45) is 0 Å². The first-order chi connectivity index (χ1) is 12.2. The molecular formula is C21H23N3O. The Morgan fingerprint density at radius 2 is 1.92 bits per heavy atom. The standard InChI is InChI=1S/C21H23N3O/c1-3-15-7-9-16(10-8-15)13-14(2)20-23-18-6-4-5-17-19(18)24(20)12-11-22-21(17)25/h4-10,14H,3,11-13H2,1-2H3,(H,22,25). The minimum absolute atomic E-state index is 0.00129. The Hall–Kier alpha value is -2.62. The number of nitrogens with one attached hydrogen (secondary N) is 1. The largest absolute Gasteiger partial charge is 0.350 e. The van der Waals surface area contributed by atoms with Gasteiger partial charge in [0.15, 0.2) is 0 Å². The molecule has 1 N–H and O–H groups in total. The summed E-state index contributed by atoms with van der Waals surface area (Å²) in [6, 6.07) is 14.7. The van der Waals surface area contributed by atoms with Crippen LogP contribution in [0.25, 0.3) is 11.0 Å². The first-order valence-corrected chi connectivity index (χ1v) is 9.02. The predicted octanol–water partition coefficient (Wildman–Crippen LogP) is 3.69. The summed E-state index contributed by atoms with van der Waals surface area (Å²) in [5, 5.41) is 2.98. The highest BCUT2D eigenvalue weighted by Crippen LogP contribution is 2.28. The summed E-state index contributed by atoms with van der Waals surface area (Å²) in [7, 11) is 0. The molecule has 3 aromatic rings. The normalized spacial score (nSPS) is 15.0. The molecule has 0 bridgehead atoms. The fraction of sp³-hybridized carbons (Fsp3) is 0.333. The molecule has 1 aliphatic rings. The maximum Gasteiger partial charge on any atom is 0.253 e. The van der Waals surface area contributed by atoms with Crippen molar-refractivity contribution in [3.8, 4) is 0 Å². The molecule has 4 heteroatoms. The van der Waals surface area contributed by atoms with Gasteiger partial charge >= 0.3 is 0 Å². The van der Waals surface area contributed by atoms with Gasteiger partial charge in [-0.15, -0.1) is 0 Å². The average molecular weight is 333 g/mol. The number of aryl methyl sites for hydroxylation is 1. The molecule has 0 aliphatic carbocycles. The smallest absolute Gasteiger partial charge is 0.253 e. The van der Waals surface area contributed by atoms with Gasteiger partial charge in [-0.1, -0.05) is 44.2 Å². The molecule has 25 heavy (non-hydrogen) atoms. The highest BCUT2D eigenvalue weighted by molar-refractivity contribution is 6.05. The van der Waals surface area contributed by atoms with Crippen LogP contribution in [0.2, 0.25) is 0 Å². The molecule has 4 nitrogen and oxygen atoms in total. The molecule has 0 saturated heterocycles. The third-order valence-corrected chi connectivity index (χ3v) is 5.08. The highest BCUT2D eigenvalue weighted by atomic mass is 16.1. The summed E-state index contributed by atoms with van der Waals surface area (Å²) < 4.78 is 2.23. The third-order valence-electron chi connectivity index (χ3n) is 5.08. The van der Waals surface area contributed by atoms with Gasteiger partial charge in [0.05, 0.1) is 16.6 Å². The first-order valence-electron chi connectivity index (χ1n) is 9.02. The Morgan fingerprint density at radius 3 is 2.68 bits per heavy atom. The second kappa shape index (κ2) is 6.36. The number of benzene rings is 2. The molecule has 1 unspecified atom stereocenters. The second-order valence-electron chi connectivity index (χ2n) is 6.83. The zero-order valence-electron chi connectivity index (χ0n) is 14.7. The lowest BCUT2D eigenvalue weighted by Crippen LogP contribution is -2.24. The molecule has 1 atom stereocenters. The zero-order valence-corrected chi connectivity index (χ0v) is 14.7. The van der Waals surface area contributed by atoms with E-state index in [-0.39, 0.29) is 5.91 Å². The van der Waals surface area contributed by atoms with E-state index in [2.05, 4.69) is 48.0 Å². The monoisotopic (exact) mass is 333 g/mol. The van der Waals surface area contributed by atoms with Gasteiger partial charge in [-0.2, -0.15) is 0 Å². The lowest BCUT2D eigenvalue weighted by Gasteiger charge is -2.14. The van der Waals surface area contributed by atoms with Gasteiger partial charge in [0.25, 0.3) is 5.91 Å². The molecule has 2 heterocycles. The number of hydrogen-bond donors (Lipinski definition) is 1. The van der Waals surface area contributed by atoms with E-state index in [1.807, 2.05) is 18.2 Å². The van der Waals surface area contributed by atoms with E-state index >= 15 is 0 Å². The van der Waals surface area contributed by atoms with Crippen molar-refractivity contribution in [1.29, 1.82) is 0 Å². The average Bonchev–Trinajstić information content (AvgIpc) is 2.92. The van der Waals surface area contributed by atoms with Crippen LogP contribution in [0.3, 0.4) is 0 Å². The van der Waals surface area contributed by atoms with Crippen LogP contribution in [-0.4, -0.2) is 22.0 Å². The van der Waals surface area contributed by atoms with E-state index in [4.69, 9.17) is 4.98 Å². The summed E-state index contributed by atoms with van der Waals surface area (Å²) in [5.41, 5.74) is 5.31. The molecule has 1 aromatic heterocycles. The zero-order chi connectivity index (χ0) is 17.4. The number of amides is 1. The molecule has 0 radical (unpaired) electrons. The summed E-state index contributed by atoms with van der Waals surface area (Å²) in [5.74, 6) is 1.36. The fourth-order valence-corrected chi connectivity index (χ4v) is 3.72. The van der Waals surface area contributed by atoms with Crippen molar-refractivity contribution in [1.82, 2.24) is 14.9 Å². The van der Waals surface area contributed by atoms with Crippen LogP contribution in [0.4, 0.5) is 0 Å². The minimum atomic E-state index is -0.00129. The van der Waals surface area contributed by atoms with Crippen molar-refractivity contribution < 1.29 is 4.79 Å². The van der Waals surface area contributed by atoms with E-state index in [1.165, 1.54) is 11.1 Å². The summed E-state index contributed by atoms with van der Waals surface area (Å²) >= 11 is 0. The van der Waals surface area contributed by atoms with Crippen molar-refractivity contribution in [2.45, 2.75) is 39.2 Å². The summed E-state index contributed by atoms with van der Waals surface area (Å²) in [4.78, 5) is 17.1. The Morgan fingerprint density at radius 1 is 1.16 bits per heavy atom. The van der Waals surface area contributed by atoms with Gasteiger partial charge in [-0.05, 0) is 36.1 Å². The Labute approximate surface area is 147 Å². The van der Waals surface area contributed by atoms with E-state index < -0.39 is 0 Å². The topological polar surface area (TPSA) is 46.9 Å². The van der Waals surface area contributed by atoms with Gasteiger partial charge in [0.2, 0.25) is 0 Å². The Balaban J connectivity index is 1.71. The molecular weight excluding hydrogens is 310 g/mol. The Kier molecular flexibility index (Phi) is 4.04. The van der Waals surface area contributed by atoms with Crippen LogP contribution < -0.4 is 5.32 Å². The SMILES string of the molecule is CCc1ccc(CC(C)c2nc3cccc4c3n2CCNC4=O)cc1. The van der Waals surface area contributed by atoms with Crippen LogP contribution in [0, 0.1) is 0 Å². The highest BCUT2D eigenvalue weighted by Gasteiger charge is 2.23. The lowest BCUT2D eigenvalue weighted by molar-refractivity contribution is 0.0956.